The van der Waals surface area contributed by atoms with Gasteiger partial charge in [0.05, 0.1) is 11.5 Å². The predicted octanol–water partition coefficient (Wildman–Crippen LogP) is 2.39. The van der Waals surface area contributed by atoms with Gasteiger partial charge >= 0.3 is 0 Å². The monoisotopic (exact) mass is 281 g/mol. The Labute approximate surface area is 116 Å². The molecule has 0 amide bonds. The van der Waals surface area contributed by atoms with Crippen LogP contribution < -0.4 is 5.32 Å². The maximum Gasteiger partial charge on any atom is 0.150 e. The minimum atomic E-state index is -2.83. The lowest BCUT2D eigenvalue weighted by atomic mass is 9.89. The molecule has 19 heavy (non-hydrogen) atoms. The van der Waals surface area contributed by atoms with E-state index < -0.39 is 9.84 Å². The Morgan fingerprint density at radius 3 is 2.63 bits per heavy atom. The minimum Gasteiger partial charge on any atom is -0.310 e. The number of aryl methyl sites for hydroxylation is 2. The molecule has 1 aromatic carbocycles. The van der Waals surface area contributed by atoms with E-state index in [0.717, 1.165) is 13.0 Å². The summed E-state index contributed by atoms with van der Waals surface area (Å²) in [7, 11) is -2.83. The van der Waals surface area contributed by atoms with Crippen LogP contribution in [0.15, 0.2) is 18.2 Å². The lowest BCUT2D eigenvalue weighted by Crippen LogP contribution is -2.29. The molecule has 1 fully saturated rings. The molecule has 1 aliphatic heterocycles. The lowest BCUT2D eigenvalue weighted by molar-refractivity contribution is 0.399. The summed E-state index contributed by atoms with van der Waals surface area (Å²) in [4.78, 5) is 0. The highest BCUT2D eigenvalue weighted by Crippen LogP contribution is 2.33. The summed E-state index contributed by atoms with van der Waals surface area (Å²) in [6, 6.07) is 6.57. The van der Waals surface area contributed by atoms with Crippen molar-refractivity contribution >= 4 is 9.84 Å². The van der Waals surface area contributed by atoms with Gasteiger partial charge in [0.1, 0.15) is 0 Å². The molecule has 0 saturated carbocycles. The molecule has 1 N–H and O–H groups in total. The van der Waals surface area contributed by atoms with Gasteiger partial charge in [-0.15, -0.1) is 0 Å². The Bertz CT molecular complexity index is 551. The van der Waals surface area contributed by atoms with Crippen molar-refractivity contribution in [2.24, 2.45) is 5.92 Å². The molecule has 0 bridgehead atoms. The fourth-order valence-electron chi connectivity index (χ4n) is 3.01. The zero-order valence-corrected chi connectivity index (χ0v) is 12.8. The Morgan fingerprint density at radius 2 is 2.11 bits per heavy atom. The van der Waals surface area contributed by atoms with Crippen molar-refractivity contribution < 1.29 is 8.42 Å². The first-order valence-electron chi connectivity index (χ1n) is 6.94. The standard InChI is InChI=1S/C15H23NO2S/c1-4-16-15(13-7-8-19(17,18)10-13)14-6-5-11(2)9-12(14)3/h5-6,9,13,15-16H,4,7-8,10H2,1-3H3. The normalized spacial score (nSPS) is 23.4. The third kappa shape index (κ3) is 3.37. The lowest BCUT2D eigenvalue weighted by Gasteiger charge is -2.25. The highest BCUT2D eigenvalue weighted by Gasteiger charge is 2.34. The van der Waals surface area contributed by atoms with Gasteiger partial charge in [0.15, 0.2) is 9.84 Å². The zero-order valence-electron chi connectivity index (χ0n) is 11.9. The zero-order chi connectivity index (χ0) is 14.0. The first kappa shape index (κ1) is 14.5. The molecule has 2 rings (SSSR count). The van der Waals surface area contributed by atoms with Crippen LogP contribution in [0.2, 0.25) is 0 Å². The van der Waals surface area contributed by atoms with Crippen molar-refractivity contribution in [2.45, 2.75) is 33.2 Å². The van der Waals surface area contributed by atoms with Gasteiger partial charge in [-0.25, -0.2) is 8.42 Å². The Hall–Kier alpha value is -0.870. The fraction of sp³-hybridized carbons (Fsp3) is 0.600. The van der Waals surface area contributed by atoms with Crippen LogP contribution in [0, 0.1) is 19.8 Å². The van der Waals surface area contributed by atoms with Crippen LogP contribution >= 0.6 is 0 Å². The fourth-order valence-corrected chi connectivity index (χ4v) is 4.85. The highest BCUT2D eigenvalue weighted by molar-refractivity contribution is 7.91. The van der Waals surface area contributed by atoms with E-state index in [1.165, 1.54) is 16.7 Å². The molecule has 4 heteroatoms. The van der Waals surface area contributed by atoms with Crippen LogP contribution in [-0.4, -0.2) is 26.5 Å². The number of rotatable bonds is 4. The summed E-state index contributed by atoms with van der Waals surface area (Å²) < 4.78 is 23.4. The van der Waals surface area contributed by atoms with Crippen LogP contribution in [0.3, 0.4) is 0 Å². The molecule has 1 heterocycles. The first-order valence-corrected chi connectivity index (χ1v) is 8.76. The topological polar surface area (TPSA) is 46.2 Å². The number of benzene rings is 1. The molecule has 3 nitrogen and oxygen atoms in total. The number of hydrogen-bond acceptors (Lipinski definition) is 3. The molecule has 0 aliphatic carbocycles. The molecular formula is C15H23NO2S. The number of sulfone groups is 1. The Kier molecular flexibility index (Phi) is 4.31. The molecule has 106 valence electrons. The second-order valence-electron chi connectivity index (χ2n) is 5.56. The molecule has 0 spiro atoms. The molecule has 2 atom stereocenters. The van der Waals surface area contributed by atoms with Crippen LogP contribution in [0.1, 0.15) is 36.1 Å². The van der Waals surface area contributed by atoms with Crippen molar-refractivity contribution in [2.75, 3.05) is 18.1 Å². The van der Waals surface area contributed by atoms with Gasteiger partial charge in [-0.2, -0.15) is 0 Å². The Morgan fingerprint density at radius 1 is 1.37 bits per heavy atom. The molecule has 1 aliphatic rings. The van der Waals surface area contributed by atoms with Crippen LogP contribution in [0.5, 0.6) is 0 Å². The van der Waals surface area contributed by atoms with Gasteiger partial charge in [0, 0.05) is 6.04 Å². The maximum absolute atomic E-state index is 11.7. The van der Waals surface area contributed by atoms with Gasteiger partial charge in [-0.3, -0.25) is 0 Å². The van der Waals surface area contributed by atoms with E-state index in [-0.39, 0.29) is 12.0 Å². The average Bonchev–Trinajstić information content (AvgIpc) is 2.67. The van der Waals surface area contributed by atoms with Gasteiger partial charge in [0.25, 0.3) is 0 Å². The van der Waals surface area contributed by atoms with E-state index in [9.17, 15) is 8.42 Å². The van der Waals surface area contributed by atoms with E-state index in [2.05, 4.69) is 44.3 Å². The molecule has 2 unspecified atom stereocenters. The second-order valence-corrected chi connectivity index (χ2v) is 7.79. The third-order valence-corrected chi connectivity index (χ3v) is 5.72. The van der Waals surface area contributed by atoms with Crippen molar-refractivity contribution in [1.29, 1.82) is 0 Å². The quantitative estimate of drug-likeness (QED) is 0.921. The highest BCUT2D eigenvalue weighted by atomic mass is 32.2. The van der Waals surface area contributed by atoms with Gasteiger partial charge in [-0.1, -0.05) is 30.7 Å². The summed E-state index contributed by atoms with van der Waals surface area (Å²) in [5.74, 6) is 0.856. The van der Waals surface area contributed by atoms with E-state index in [4.69, 9.17) is 0 Å². The molecule has 0 radical (unpaired) electrons. The number of nitrogens with one attached hydrogen (secondary N) is 1. The summed E-state index contributed by atoms with van der Waals surface area (Å²) in [5.41, 5.74) is 3.74. The van der Waals surface area contributed by atoms with Crippen molar-refractivity contribution in [3.8, 4) is 0 Å². The first-order chi connectivity index (χ1) is 8.93. The average molecular weight is 281 g/mol. The molecule has 1 aromatic rings. The molecular weight excluding hydrogens is 258 g/mol. The SMILES string of the molecule is CCNC(c1ccc(C)cc1C)C1CCS(=O)(=O)C1. The van der Waals surface area contributed by atoms with Gasteiger partial charge in [-0.05, 0) is 43.9 Å². The van der Waals surface area contributed by atoms with E-state index in [0.29, 0.717) is 11.5 Å². The summed E-state index contributed by atoms with van der Waals surface area (Å²) in [6.45, 7) is 7.11. The van der Waals surface area contributed by atoms with Gasteiger partial charge in [0.2, 0.25) is 0 Å². The predicted molar refractivity (Wildman–Crippen MR) is 79.1 cm³/mol. The summed E-state index contributed by atoms with van der Waals surface area (Å²) in [6.07, 6.45) is 0.771. The van der Waals surface area contributed by atoms with Crippen molar-refractivity contribution in [1.82, 2.24) is 5.32 Å². The van der Waals surface area contributed by atoms with E-state index in [1.807, 2.05) is 0 Å². The summed E-state index contributed by atoms with van der Waals surface area (Å²) >= 11 is 0. The van der Waals surface area contributed by atoms with Crippen molar-refractivity contribution in [3.05, 3.63) is 34.9 Å². The van der Waals surface area contributed by atoms with E-state index >= 15 is 0 Å². The van der Waals surface area contributed by atoms with E-state index in [1.54, 1.807) is 0 Å². The minimum absolute atomic E-state index is 0.155. The third-order valence-electron chi connectivity index (χ3n) is 3.92. The molecule has 1 saturated heterocycles. The summed E-state index contributed by atoms with van der Waals surface area (Å²) in [5, 5.41) is 3.47. The smallest absolute Gasteiger partial charge is 0.150 e. The Balaban J connectivity index is 2.30. The number of hydrogen-bond donors (Lipinski definition) is 1. The largest absolute Gasteiger partial charge is 0.310 e. The maximum atomic E-state index is 11.7. The van der Waals surface area contributed by atoms with Gasteiger partial charge < -0.3 is 5.32 Å². The van der Waals surface area contributed by atoms with Crippen LogP contribution in [0.25, 0.3) is 0 Å². The van der Waals surface area contributed by atoms with Crippen LogP contribution in [-0.2, 0) is 9.84 Å². The van der Waals surface area contributed by atoms with Crippen molar-refractivity contribution in [3.63, 3.8) is 0 Å². The van der Waals surface area contributed by atoms with Crippen LogP contribution in [0.4, 0.5) is 0 Å². The molecule has 0 aromatic heterocycles. The second kappa shape index (κ2) is 5.63.